The Labute approximate surface area is 196 Å². The summed E-state index contributed by atoms with van der Waals surface area (Å²) in [5.74, 6) is -2.01. The van der Waals surface area contributed by atoms with Gasteiger partial charge in [-0.1, -0.05) is 23.8 Å². The second kappa shape index (κ2) is 10.9. The minimum absolute atomic E-state index is 0.0573. The van der Waals surface area contributed by atoms with Crippen LogP contribution in [0.1, 0.15) is 21.5 Å². The number of hydrogen-bond donors (Lipinski definition) is 1. The van der Waals surface area contributed by atoms with E-state index in [-0.39, 0.29) is 30.1 Å². The average molecular weight is 503 g/mol. The lowest BCUT2D eigenvalue weighted by Crippen LogP contribution is -2.22. The van der Waals surface area contributed by atoms with E-state index in [4.69, 9.17) is 21.1 Å². The van der Waals surface area contributed by atoms with E-state index in [9.17, 15) is 38.0 Å². The van der Waals surface area contributed by atoms with E-state index in [1.807, 2.05) is 0 Å². The number of nitro groups is 1. The first-order chi connectivity index (χ1) is 15.8. The maximum Gasteiger partial charge on any atom is 0.416 e. The van der Waals surface area contributed by atoms with Gasteiger partial charge in [0.2, 0.25) is 0 Å². The molecule has 0 aromatic heterocycles. The molecule has 34 heavy (non-hydrogen) atoms. The first-order valence-corrected chi connectivity index (χ1v) is 9.77. The van der Waals surface area contributed by atoms with Crippen LogP contribution in [0.5, 0.6) is 11.5 Å². The number of halogens is 4. The van der Waals surface area contributed by atoms with Crippen LogP contribution in [0.25, 0.3) is 0 Å². The van der Waals surface area contributed by atoms with Crippen molar-refractivity contribution in [1.29, 1.82) is 0 Å². The number of ether oxygens (including phenoxy) is 2. The Morgan fingerprint density at radius 3 is 2.41 bits per heavy atom. The molecule has 182 valence electrons. The molecule has 0 atom stereocenters. The first kappa shape index (κ1) is 26.5. The lowest BCUT2D eigenvalue weighted by Gasteiger charge is -2.13. The smallest absolute Gasteiger partial charge is 0.416 e. The molecule has 0 spiro atoms. The standard InChI is InChI=1S/C21H18ClF3N2O7/c1-26(2)20(30)33-8-4-3-5-12-9-14(11-15(19(28)29)18(12)27(31)32)34-17-7-6-13(10-16(17)22)21(23,24)25/h3-4,6-7,9-11H,5,8H2,1-2H3,(H,28,29). The number of carboxylic acids is 1. The number of aromatic carboxylic acids is 1. The van der Waals surface area contributed by atoms with Gasteiger partial charge < -0.3 is 19.5 Å². The van der Waals surface area contributed by atoms with Crippen molar-refractivity contribution in [3.63, 3.8) is 0 Å². The molecule has 0 bridgehead atoms. The number of carboxylic acid groups (broad SMARTS) is 1. The van der Waals surface area contributed by atoms with Gasteiger partial charge in [0.1, 0.15) is 23.7 Å². The summed E-state index contributed by atoms with van der Waals surface area (Å²) in [5, 5.41) is 20.6. The van der Waals surface area contributed by atoms with Crippen molar-refractivity contribution in [1.82, 2.24) is 4.90 Å². The molecule has 0 fully saturated rings. The van der Waals surface area contributed by atoms with Gasteiger partial charge in [-0.15, -0.1) is 0 Å². The second-order valence-electron chi connectivity index (χ2n) is 6.93. The molecule has 13 heteroatoms. The van der Waals surface area contributed by atoms with Crippen LogP contribution in [-0.4, -0.2) is 47.7 Å². The zero-order valence-corrected chi connectivity index (χ0v) is 18.5. The van der Waals surface area contributed by atoms with Gasteiger partial charge in [-0.3, -0.25) is 10.1 Å². The highest BCUT2D eigenvalue weighted by atomic mass is 35.5. The van der Waals surface area contributed by atoms with Gasteiger partial charge in [0.25, 0.3) is 5.69 Å². The van der Waals surface area contributed by atoms with Crippen LogP contribution < -0.4 is 4.74 Å². The normalized spacial score (nSPS) is 11.4. The molecule has 2 aromatic rings. The molecule has 1 amide bonds. The minimum atomic E-state index is -4.63. The molecular weight excluding hydrogens is 485 g/mol. The third-order valence-electron chi connectivity index (χ3n) is 4.23. The van der Waals surface area contributed by atoms with Crippen molar-refractivity contribution in [2.75, 3.05) is 20.7 Å². The maximum absolute atomic E-state index is 12.8. The number of amides is 1. The van der Waals surface area contributed by atoms with E-state index in [1.54, 1.807) is 0 Å². The molecule has 0 radical (unpaired) electrons. The number of nitrogens with zero attached hydrogens (tertiary/aromatic N) is 2. The Balaban J connectivity index is 2.37. The first-order valence-electron chi connectivity index (χ1n) is 9.39. The van der Waals surface area contributed by atoms with Gasteiger partial charge in [-0.25, -0.2) is 9.59 Å². The molecule has 0 saturated carbocycles. The molecule has 2 rings (SSSR count). The summed E-state index contributed by atoms with van der Waals surface area (Å²) >= 11 is 5.87. The highest BCUT2D eigenvalue weighted by Crippen LogP contribution is 2.38. The molecule has 0 heterocycles. The van der Waals surface area contributed by atoms with Crippen molar-refractivity contribution in [3.05, 3.63) is 74.3 Å². The molecule has 0 aliphatic carbocycles. The van der Waals surface area contributed by atoms with Crippen molar-refractivity contribution in [2.24, 2.45) is 0 Å². The lowest BCUT2D eigenvalue weighted by molar-refractivity contribution is -0.385. The van der Waals surface area contributed by atoms with Crippen molar-refractivity contribution in [3.8, 4) is 11.5 Å². The van der Waals surface area contributed by atoms with Gasteiger partial charge in [-0.05, 0) is 30.7 Å². The number of allylic oxidation sites excluding steroid dienone is 1. The van der Waals surface area contributed by atoms with Crippen LogP contribution in [0, 0.1) is 10.1 Å². The summed E-state index contributed by atoms with van der Waals surface area (Å²) in [5.41, 5.74) is -2.44. The quantitative estimate of drug-likeness (QED) is 0.285. The van der Waals surface area contributed by atoms with E-state index < -0.39 is 45.0 Å². The number of rotatable bonds is 8. The Bertz CT molecular complexity index is 1130. The number of hydrogen-bond acceptors (Lipinski definition) is 6. The van der Waals surface area contributed by atoms with Gasteiger partial charge in [0.05, 0.1) is 15.5 Å². The molecule has 1 N–H and O–H groups in total. The third-order valence-corrected chi connectivity index (χ3v) is 4.53. The SMILES string of the molecule is CN(C)C(=O)OCC=CCc1cc(Oc2ccc(C(F)(F)F)cc2Cl)cc(C(=O)O)c1[N+](=O)[O-]. The molecule has 0 unspecified atom stereocenters. The van der Waals surface area contributed by atoms with Crippen LogP contribution in [0.3, 0.4) is 0 Å². The Morgan fingerprint density at radius 1 is 1.21 bits per heavy atom. The summed E-state index contributed by atoms with van der Waals surface area (Å²) in [7, 11) is 2.97. The predicted octanol–water partition coefficient (Wildman–Crippen LogP) is 5.55. The van der Waals surface area contributed by atoms with Crippen molar-refractivity contribution >= 4 is 29.4 Å². The van der Waals surface area contributed by atoms with Crippen LogP contribution >= 0.6 is 11.6 Å². The zero-order chi connectivity index (χ0) is 25.6. The van der Waals surface area contributed by atoms with E-state index >= 15 is 0 Å². The van der Waals surface area contributed by atoms with Crippen LogP contribution in [0.15, 0.2) is 42.5 Å². The van der Waals surface area contributed by atoms with Crippen LogP contribution in [0.4, 0.5) is 23.7 Å². The van der Waals surface area contributed by atoms with Gasteiger partial charge in [-0.2, -0.15) is 13.2 Å². The molecule has 0 aliphatic heterocycles. The Hall–Kier alpha value is -3.80. The summed E-state index contributed by atoms with van der Waals surface area (Å²) in [6, 6.07) is 4.36. The van der Waals surface area contributed by atoms with Gasteiger partial charge >= 0.3 is 18.2 Å². The van der Waals surface area contributed by atoms with Gasteiger partial charge in [0, 0.05) is 25.7 Å². The maximum atomic E-state index is 12.8. The molecule has 0 saturated heterocycles. The molecule has 0 aliphatic rings. The Kier molecular flexibility index (Phi) is 8.46. The van der Waals surface area contributed by atoms with Crippen molar-refractivity contribution in [2.45, 2.75) is 12.6 Å². The minimum Gasteiger partial charge on any atom is -0.477 e. The number of alkyl halides is 3. The monoisotopic (exact) mass is 502 g/mol. The molecule has 9 nitrogen and oxygen atoms in total. The highest BCUT2D eigenvalue weighted by Gasteiger charge is 2.31. The summed E-state index contributed by atoms with van der Waals surface area (Å²) in [6.45, 7) is -0.131. The van der Waals surface area contributed by atoms with Gasteiger partial charge in [0.15, 0.2) is 0 Å². The topological polar surface area (TPSA) is 119 Å². The number of nitro benzene ring substituents is 1. The zero-order valence-electron chi connectivity index (χ0n) is 17.8. The van der Waals surface area contributed by atoms with E-state index in [1.165, 1.54) is 37.2 Å². The molecule has 2 aromatic carbocycles. The van der Waals surface area contributed by atoms with E-state index in [0.717, 1.165) is 18.2 Å². The highest BCUT2D eigenvalue weighted by molar-refractivity contribution is 6.32. The van der Waals surface area contributed by atoms with Crippen molar-refractivity contribution < 1.29 is 42.3 Å². The van der Waals surface area contributed by atoms with E-state index in [0.29, 0.717) is 6.07 Å². The largest absolute Gasteiger partial charge is 0.477 e. The van der Waals surface area contributed by atoms with E-state index in [2.05, 4.69) is 0 Å². The Morgan fingerprint density at radius 2 is 1.88 bits per heavy atom. The summed E-state index contributed by atoms with van der Waals surface area (Å²) in [4.78, 5) is 34.9. The second-order valence-corrected chi connectivity index (χ2v) is 7.34. The van der Waals surface area contributed by atoms with Crippen LogP contribution in [-0.2, 0) is 17.3 Å². The molecular formula is C21H18ClF3N2O7. The third kappa shape index (κ3) is 6.85. The lowest BCUT2D eigenvalue weighted by atomic mass is 10.0. The van der Waals surface area contributed by atoms with Crippen LogP contribution in [0.2, 0.25) is 5.02 Å². The summed E-state index contributed by atoms with van der Waals surface area (Å²) < 4.78 is 48.8. The number of benzene rings is 2. The number of carbonyl (C=O) groups excluding carboxylic acids is 1. The fourth-order valence-corrected chi connectivity index (χ4v) is 2.89. The summed E-state index contributed by atoms with van der Waals surface area (Å²) in [6.07, 6.45) is -2.54. The number of carbonyl (C=O) groups is 2. The average Bonchev–Trinajstić information content (AvgIpc) is 2.73. The predicted molar refractivity (Wildman–Crippen MR) is 114 cm³/mol. The fraction of sp³-hybridized carbons (Fsp3) is 0.238. The fourth-order valence-electron chi connectivity index (χ4n) is 2.67.